The highest BCUT2D eigenvalue weighted by molar-refractivity contribution is 7.77. The van der Waals surface area contributed by atoms with Crippen LogP contribution in [-0.2, 0) is 11.3 Å². The number of rotatable bonds is 4. The van der Waals surface area contributed by atoms with Crippen molar-refractivity contribution in [1.29, 1.82) is 0 Å². The van der Waals surface area contributed by atoms with Gasteiger partial charge in [0.05, 0.1) is 23.7 Å². The molecule has 0 aromatic heterocycles. The average Bonchev–Trinajstić information content (AvgIpc) is 1.85. The SMILES string of the molecule is C=C(N)N/N=C/C=N/S(=O)[O-]. The van der Waals surface area contributed by atoms with Crippen molar-refractivity contribution in [2.75, 3.05) is 0 Å². The van der Waals surface area contributed by atoms with E-state index in [2.05, 4.69) is 21.5 Å². The largest absolute Gasteiger partial charge is 0.754 e. The Morgan fingerprint density at radius 3 is 2.82 bits per heavy atom. The van der Waals surface area contributed by atoms with Gasteiger partial charge < -0.3 is 10.3 Å². The van der Waals surface area contributed by atoms with Gasteiger partial charge in [-0.2, -0.15) is 5.10 Å². The molecule has 1 unspecified atom stereocenters. The summed E-state index contributed by atoms with van der Waals surface area (Å²) in [6, 6.07) is 0. The Hall–Kier alpha value is -1.21. The lowest BCUT2D eigenvalue weighted by Crippen LogP contribution is -2.12. The first kappa shape index (κ1) is 9.79. The molecule has 62 valence electrons. The van der Waals surface area contributed by atoms with Crippen LogP contribution in [0, 0.1) is 0 Å². The predicted octanol–water partition coefficient (Wildman–Crippen LogP) is -1.14. The molecule has 0 aliphatic rings. The minimum atomic E-state index is -2.43. The molecule has 0 saturated heterocycles. The van der Waals surface area contributed by atoms with Crippen molar-refractivity contribution < 1.29 is 8.76 Å². The van der Waals surface area contributed by atoms with Gasteiger partial charge in [-0.1, -0.05) is 6.58 Å². The van der Waals surface area contributed by atoms with E-state index in [1.54, 1.807) is 0 Å². The number of hydrogen-bond donors (Lipinski definition) is 2. The zero-order valence-electron chi connectivity index (χ0n) is 5.56. The quantitative estimate of drug-likeness (QED) is 0.320. The summed E-state index contributed by atoms with van der Waals surface area (Å²) in [5.74, 6) is 0.165. The lowest BCUT2D eigenvalue weighted by Gasteiger charge is -1.93. The summed E-state index contributed by atoms with van der Waals surface area (Å²) in [6.07, 6.45) is 2.13. The van der Waals surface area contributed by atoms with Gasteiger partial charge in [-0.25, -0.2) is 4.40 Å². The monoisotopic (exact) mass is 175 g/mol. The Labute approximate surface area is 66.3 Å². The normalized spacial score (nSPS) is 13.9. The summed E-state index contributed by atoms with van der Waals surface area (Å²) in [4.78, 5) is 0. The van der Waals surface area contributed by atoms with Crippen LogP contribution < -0.4 is 11.2 Å². The third-order valence-corrected chi connectivity index (χ3v) is 0.790. The molecule has 0 aliphatic heterocycles. The molecular formula is C4H7N4O2S-. The van der Waals surface area contributed by atoms with Crippen molar-refractivity contribution in [3.63, 3.8) is 0 Å². The van der Waals surface area contributed by atoms with E-state index in [0.29, 0.717) is 0 Å². The van der Waals surface area contributed by atoms with Crippen LogP contribution in [0.1, 0.15) is 0 Å². The van der Waals surface area contributed by atoms with Crippen LogP contribution in [0.15, 0.2) is 21.9 Å². The van der Waals surface area contributed by atoms with Gasteiger partial charge >= 0.3 is 0 Å². The molecule has 1 atom stereocenters. The molecular weight excluding hydrogens is 168 g/mol. The van der Waals surface area contributed by atoms with Gasteiger partial charge in [0.25, 0.3) is 0 Å². The minimum absolute atomic E-state index is 0.165. The highest BCUT2D eigenvalue weighted by Gasteiger charge is 1.72. The van der Waals surface area contributed by atoms with Crippen LogP contribution in [0.5, 0.6) is 0 Å². The average molecular weight is 175 g/mol. The number of hydrazone groups is 1. The van der Waals surface area contributed by atoms with Crippen molar-refractivity contribution >= 4 is 23.7 Å². The molecule has 6 nitrogen and oxygen atoms in total. The highest BCUT2D eigenvalue weighted by atomic mass is 32.2. The summed E-state index contributed by atoms with van der Waals surface area (Å²) >= 11 is -2.43. The number of nitrogens with two attached hydrogens (primary N) is 1. The molecule has 0 aromatic carbocycles. The van der Waals surface area contributed by atoms with E-state index in [4.69, 9.17) is 5.73 Å². The summed E-state index contributed by atoms with van der Waals surface area (Å²) in [5.41, 5.74) is 7.33. The maximum absolute atomic E-state index is 9.77. The molecule has 0 amide bonds. The van der Waals surface area contributed by atoms with Crippen molar-refractivity contribution in [3.8, 4) is 0 Å². The molecule has 0 bridgehead atoms. The molecule has 0 heterocycles. The third kappa shape index (κ3) is 8.79. The maximum atomic E-state index is 9.77. The van der Waals surface area contributed by atoms with Gasteiger partial charge in [-0.05, 0) is 0 Å². The number of hydrogen-bond acceptors (Lipinski definition) is 5. The Bertz CT molecular complexity index is 212. The Balaban J connectivity index is 3.60. The number of nitrogens with zero attached hydrogens (tertiary/aromatic N) is 2. The van der Waals surface area contributed by atoms with E-state index in [-0.39, 0.29) is 5.82 Å². The van der Waals surface area contributed by atoms with Crippen LogP contribution in [0.2, 0.25) is 0 Å². The minimum Gasteiger partial charge on any atom is -0.754 e. The van der Waals surface area contributed by atoms with E-state index in [9.17, 15) is 8.76 Å². The lowest BCUT2D eigenvalue weighted by molar-refractivity contribution is 0.539. The van der Waals surface area contributed by atoms with Crippen molar-refractivity contribution in [1.82, 2.24) is 5.43 Å². The second-order valence-electron chi connectivity index (χ2n) is 1.39. The molecule has 11 heavy (non-hydrogen) atoms. The molecule has 0 fully saturated rings. The van der Waals surface area contributed by atoms with E-state index in [1.165, 1.54) is 0 Å². The highest BCUT2D eigenvalue weighted by Crippen LogP contribution is 1.69. The van der Waals surface area contributed by atoms with Gasteiger partial charge in [0.15, 0.2) is 0 Å². The fraction of sp³-hybridized carbons (Fsp3) is 0. The van der Waals surface area contributed by atoms with E-state index in [0.717, 1.165) is 12.4 Å². The van der Waals surface area contributed by atoms with E-state index < -0.39 is 11.3 Å². The molecule has 0 aromatic rings. The van der Waals surface area contributed by atoms with Crippen LogP contribution in [-0.4, -0.2) is 21.2 Å². The van der Waals surface area contributed by atoms with E-state index in [1.807, 2.05) is 0 Å². The summed E-state index contributed by atoms with van der Waals surface area (Å²) in [6.45, 7) is 3.27. The second kappa shape index (κ2) is 5.57. The molecule has 0 rings (SSSR count). The lowest BCUT2D eigenvalue weighted by atomic mass is 10.8. The van der Waals surface area contributed by atoms with Gasteiger partial charge in [0.1, 0.15) is 5.82 Å². The topological polar surface area (TPSA) is 103 Å². The van der Waals surface area contributed by atoms with Crippen molar-refractivity contribution in [2.45, 2.75) is 0 Å². The molecule has 0 spiro atoms. The van der Waals surface area contributed by atoms with Crippen LogP contribution >= 0.6 is 0 Å². The summed E-state index contributed by atoms with van der Waals surface area (Å²) in [5, 5.41) is 3.42. The fourth-order valence-corrected chi connectivity index (χ4v) is 0.384. The fourth-order valence-electron chi connectivity index (χ4n) is 0.230. The number of nitrogens with one attached hydrogen (secondary N) is 1. The smallest absolute Gasteiger partial charge is 0.109 e. The van der Waals surface area contributed by atoms with Gasteiger partial charge in [-0.15, -0.1) is 0 Å². The van der Waals surface area contributed by atoms with Gasteiger partial charge in [0.2, 0.25) is 0 Å². The predicted molar refractivity (Wildman–Crippen MR) is 42.4 cm³/mol. The Morgan fingerprint density at radius 1 is 1.73 bits per heavy atom. The van der Waals surface area contributed by atoms with E-state index >= 15 is 0 Å². The zero-order valence-corrected chi connectivity index (χ0v) is 6.37. The van der Waals surface area contributed by atoms with Gasteiger partial charge in [0, 0.05) is 0 Å². The first-order chi connectivity index (χ1) is 5.13. The molecule has 3 N–H and O–H groups in total. The molecule has 0 saturated carbocycles. The van der Waals surface area contributed by atoms with Crippen molar-refractivity contribution in [3.05, 3.63) is 12.4 Å². The Morgan fingerprint density at radius 2 is 2.36 bits per heavy atom. The molecule has 0 radical (unpaired) electrons. The summed E-state index contributed by atoms with van der Waals surface area (Å²) in [7, 11) is 0. The first-order valence-corrected chi connectivity index (χ1v) is 3.51. The van der Waals surface area contributed by atoms with Crippen LogP contribution in [0.4, 0.5) is 0 Å². The zero-order chi connectivity index (χ0) is 8.69. The van der Waals surface area contributed by atoms with Crippen molar-refractivity contribution in [2.24, 2.45) is 15.2 Å². The first-order valence-electron chi connectivity index (χ1n) is 2.48. The maximum Gasteiger partial charge on any atom is 0.109 e. The third-order valence-electron chi connectivity index (χ3n) is 0.496. The molecule has 0 aliphatic carbocycles. The molecule has 7 heteroatoms. The summed E-state index contributed by atoms with van der Waals surface area (Å²) < 4.78 is 22.5. The van der Waals surface area contributed by atoms with Crippen LogP contribution in [0.25, 0.3) is 0 Å². The van der Waals surface area contributed by atoms with Gasteiger partial charge in [-0.3, -0.25) is 9.63 Å². The second-order valence-corrected chi connectivity index (χ2v) is 2.03. The Kier molecular flexibility index (Phi) is 4.95. The van der Waals surface area contributed by atoms with Crippen LogP contribution in [0.3, 0.4) is 0 Å². The standard InChI is InChI=1S/C4H8N4O2S/c1-4(5)8-6-2-3-7-11(9)10/h2-3,8H,1,5H2,(H,9,10)/p-1/b6-2+,7-3+.